The second-order valence-corrected chi connectivity index (χ2v) is 18.4. The van der Waals surface area contributed by atoms with E-state index in [1.807, 2.05) is 0 Å². The number of benzene rings is 3. The van der Waals surface area contributed by atoms with Crippen LogP contribution in [0.3, 0.4) is 0 Å². The molecule has 0 fully saturated rings. The van der Waals surface area contributed by atoms with Gasteiger partial charge in [0.1, 0.15) is 0 Å². The topological polar surface area (TPSA) is 9.23 Å². The van der Waals surface area contributed by atoms with Gasteiger partial charge in [0.2, 0.25) is 0 Å². The molecule has 0 amide bonds. The maximum absolute atomic E-state index is 6.61. The Morgan fingerprint density at radius 2 is 0.909 bits per heavy atom. The Kier molecular flexibility index (Phi) is 5.02. The van der Waals surface area contributed by atoms with E-state index < -0.39 is 20.7 Å². The van der Waals surface area contributed by atoms with Crippen molar-refractivity contribution in [2.75, 3.05) is 6.61 Å². The molecule has 0 saturated carbocycles. The van der Waals surface area contributed by atoms with E-state index in [2.05, 4.69) is 97.9 Å². The van der Waals surface area contributed by atoms with Gasteiger partial charge in [0.25, 0.3) is 0 Å². The molecule has 22 heavy (non-hydrogen) atoms. The molecular weight excluding hydrogens is 465 g/mol. The Hall–Kier alpha value is -1.50. The molecule has 0 aliphatic rings. The third-order valence-corrected chi connectivity index (χ3v) is 20.1. The van der Waals surface area contributed by atoms with Crippen LogP contribution in [0.2, 0.25) is 0 Å². The van der Waals surface area contributed by atoms with Crippen LogP contribution in [0.25, 0.3) is 0 Å². The molecule has 0 bridgehead atoms. The monoisotopic (exact) mass is 486 g/mol. The standard InChI is InChI=1S/3C6H5.C2H5O.Bi.H/c3*1-2-4-6-5-3-1;1-2-3;;/h3*1-5H;2H2,1H3;;/q;;;-1;+1;. The van der Waals surface area contributed by atoms with Crippen molar-refractivity contribution in [3.8, 4) is 0 Å². The summed E-state index contributed by atoms with van der Waals surface area (Å²) >= 11 is -3.54. The Morgan fingerprint density at radius 1 is 0.591 bits per heavy atom. The zero-order chi connectivity index (χ0) is 15.3. The molecule has 0 radical (unpaired) electrons. The van der Waals surface area contributed by atoms with Gasteiger partial charge >= 0.3 is 138 Å². The summed E-state index contributed by atoms with van der Waals surface area (Å²) in [5.74, 6) is 0. The van der Waals surface area contributed by atoms with Gasteiger partial charge in [-0.2, -0.15) is 0 Å². The van der Waals surface area contributed by atoms with Gasteiger partial charge < -0.3 is 0 Å². The van der Waals surface area contributed by atoms with Crippen molar-refractivity contribution in [1.82, 2.24) is 0 Å². The summed E-state index contributed by atoms with van der Waals surface area (Å²) < 4.78 is 10.7. The van der Waals surface area contributed by atoms with Crippen LogP contribution >= 0.6 is 0 Å². The average Bonchev–Trinajstić information content (AvgIpc) is 2.62. The molecule has 1 nitrogen and oxygen atoms in total. The van der Waals surface area contributed by atoms with Crippen molar-refractivity contribution in [2.24, 2.45) is 0 Å². The molecular formula is C20H21BiO. The number of hydrogen-bond donors (Lipinski definition) is 0. The van der Waals surface area contributed by atoms with Crippen LogP contribution in [0.5, 0.6) is 0 Å². The first-order valence-corrected chi connectivity index (χ1v) is 15.1. The first kappa shape index (κ1) is 15.4. The van der Waals surface area contributed by atoms with Crippen molar-refractivity contribution in [3.63, 3.8) is 0 Å². The first-order valence-electron chi connectivity index (χ1n) is 7.68. The fraction of sp³-hybridized carbons (Fsp3) is 0.100. The third kappa shape index (κ3) is 2.86. The minimum absolute atomic E-state index is 0.736. The summed E-state index contributed by atoms with van der Waals surface area (Å²) in [6.45, 7) is 2.84. The molecule has 112 valence electrons. The van der Waals surface area contributed by atoms with Crippen LogP contribution in [-0.4, -0.2) is 27.3 Å². The Balaban J connectivity index is 2.29. The van der Waals surface area contributed by atoms with Gasteiger partial charge in [-0.05, 0) is 0 Å². The summed E-state index contributed by atoms with van der Waals surface area (Å²) in [4.78, 5) is 0. The summed E-state index contributed by atoms with van der Waals surface area (Å²) in [5, 5.41) is 0. The molecule has 2 heteroatoms. The van der Waals surface area contributed by atoms with Crippen LogP contribution in [0.1, 0.15) is 6.92 Å². The normalized spacial score (nSPS) is 12.0. The van der Waals surface area contributed by atoms with E-state index in [0.29, 0.717) is 0 Å². The SMILES string of the molecule is CC[O][BiH]([c]1ccccc1)([c]1ccccc1)[c]1ccccc1. The molecule has 0 aromatic heterocycles. The van der Waals surface area contributed by atoms with E-state index in [-0.39, 0.29) is 0 Å². The molecule has 0 heterocycles. The summed E-state index contributed by atoms with van der Waals surface area (Å²) in [6.07, 6.45) is 0. The maximum atomic E-state index is 6.61. The molecule has 0 unspecified atom stereocenters. The predicted octanol–water partition coefficient (Wildman–Crippen LogP) is 2.42. The Morgan fingerprint density at radius 3 is 1.18 bits per heavy atom. The van der Waals surface area contributed by atoms with Crippen molar-refractivity contribution in [3.05, 3.63) is 91.0 Å². The number of hydrogen-bond acceptors (Lipinski definition) is 1. The van der Waals surface area contributed by atoms with Crippen molar-refractivity contribution in [2.45, 2.75) is 6.92 Å². The molecule has 0 N–H and O–H groups in total. The first-order chi connectivity index (χ1) is 10.9. The van der Waals surface area contributed by atoms with Crippen LogP contribution in [0, 0.1) is 0 Å². The van der Waals surface area contributed by atoms with E-state index in [4.69, 9.17) is 2.81 Å². The van der Waals surface area contributed by atoms with Gasteiger partial charge in [0.05, 0.1) is 0 Å². The van der Waals surface area contributed by atoms with Crippen molar-refractivity contribution >= 4 is 30.5 Å². The zero-order valence-electron chi connectivity index (χ0n) is 12.8. The summed E-state index contributed by atoms with van der Waals surface area (Å²) in [7, 11) is 0. The minimum atomic E-state index is -3.54. The number of rotatable bonds is 5. The van der Waals surface area contributed by atoms with E-state index >= 15 is 0 Å². The van der Waals surface area contributed by atoms with Gasteiger partial charge in [-0.25, -0.2) is 0 Å². The van der Waals surface area contributed by atoms with E-state index in [0.717, 1.165) is 6.61 Å². The predicted molar refractivity (Wildman–Crippen MR) is 97.0 cm³/mol. The second-order valence-electron chi connectivity index (χ2n) is 5.21. The van der Waals surface area contributed by atoms with E-state index in [1.54, 1.807) is 0 Å². The van der Waals surface area contributed by atoms with Gasteiger partial charge in [-0.1, -0.05) is 0 Å². The molecule has 3 aromatic rings. The molecule has 0 aliphatic carbocycles. The van der Waals surface area contributed by atoms with Crippen molar-refractivity contribution < 1.29 is 2.81 Å². The van der Waals surface area contributed by atoms with Gasteiger partial charge in [0, 0.05) is 0 Å². The molecule has 0 aliphatic heterocycles. The summed E-state index contributed by atoms with van der Waals surface area (Å²) in [6, 6.07) is 32.3. The van der Waals surface area contributed by atoms with Crippen molar-refractivity contribution in [1.29, 1.82) is 0 Å². The molecule has 3 aromatic carbocycles. The van der Waals surface area contributed by atoms with Gasteiger partial charge in [-0.15, -0.1) is 0 Å². The third-order valence-electron chi connectivity index (χ3n) is 3.90. The quantitative estimate of drug-likeness (QED) is 0.504. The van der Waals surface area contributed by atoms with Crippen LogP contribution in [0.15, 0.2) is 91.0 Å². The Bertz CT molecular complexity index is 599. The Labute approximate surface area is 137 Å². The average molecular weight is 486 g/mol. The van der Waals surface area contributed by atoms with Crippen LogP contribution < -0.4 is 9.81 Å². The zero-order valence-corrected chi connectivity index (χ0v) is 16.7. The summed E-state index contributed by atoms with van der Waals surface area (Å²) in [5.41, 5.74) is 0. The molecule has 0 spiro atoms. The van der Waals surface area contributed by atoms with E-state index in [1.165, 1.54) is 9.81 Å². The van der Waals surface area contributed by atoms with Crippen LogP contribution in [-0.2, 0) is 2.81 Å². The van der Waals surface area contributed by atoms with E-state index in [9.17, 15) is 0 Å². The van der Waals surface area contributed by atoms with Crippen LogP contribution in [0.4, 0.5) is 0 Å². The molecule has 3 rings (SSSR count). The van der Waals surface area contributed by atoms with Gasteiger partial charge in [-0.3, -0.25) is 0 Å². The van der Waals surface area contributed by atoms with Gasteiger partial charge in [0.15, 0.2) is 0 Å². The molecule has 0 saturated heterocycles. The second kappa shape index (κ2) is 7.18. The fourth-order valence-corrected chi connectivity index (χ4v) is 18.2. The fourth-order valence-electron chi connectivity index (χ4n) is 2.99. The molecule has 0 atom stereocenters.